The molecule has 6 heteroatoms. The molecule has 15 heavy (non-hydrogen) atoms. The lowest BCUT2D eigenvalue weighted by atomic mass is 10.1. The molecular formula is C9H8BrCl2N3. The fourth-order valence-corrected chi connectivity index (χ4v) is 1.96. The average Bonchev–Trinajstić information content (AvgIpc) is 2.51. The fraction of sp³-hybridized carbons (Fsp3) is 0. The molecule has 0 amide bonds. The highest BCUT2D eigenvalue weighted by Crippen LogP contribution is 2.29. The lowest BCUT2D eigenvalue weighted by molar-refractivity contribution is 1.10. The van der Waals surface area contributed by atoms with Crippen molar-refractivity contribution < 1.29 is 0 Å². The first-order chi connectivity index (χ1) is 6.66. The van der Waals surface area contributed by atoms with E-state index in [2.05, 4.69) is 26.1 Å². The maximum atomic E-state index is 6.05. The van der Waals surface area contributed by atoms with E-state index in [1.54, 1.807) is 6.07 Å². The zero-order valence-corrected chi connectivity index (χ0v) is 10.7. The van der Waals surface area contributed by atoms with Crippen LogP contribution < -0.4 is 5.73 Å². The summed E-state index contributed by atoms with van der Waals surface area (Å²) in [7, 11) is 0. The number of aromatic amines is 1. The monoisotopic (exact) mass is 307 g/mol. The van der Waals surface area contributed by atoms with Crippen molar-refractivity contribution in [1.82, 2.24) is 10.2 Å². The topological polar surface area (TPSA) is 54.7 Å². The number of hydrogen-bond donors (Lipinski definition) is 2. The summed E-state index contributed by atoms with van der Waals surface area (Å²) in [6.07, 6.45) is 0. The Morgan fingerprint density at radius 2 is 2.07 bits per heavy atom. The highest BCUT2D eigenvalue weighted by Gasteiger charge is 2.06. The van der Waals surface area contributed by atoms with E-state index < -0.39 is 0 Å². The number of rotatable bonds is 1. The lowest BCUT2D eigenvalue weighted by Crippen LogP contribution is -1.81. The van der Waals surface area contributed by atoms with Crippen LogP contribution in [0.25, 0.3) is 11.3 Å². The molecule has 0 aliphatic rings. The molecule has 0 aliphatic carbocycles. The third-order valence-electron chi connectivity index (χ3n) is 1.82. The van der Waals surface area contributed by atoms with E-state index in [0.29, 0.717) is 10.8 Å². The number of aromatic nitrogens is 2. The molecule has 0 saturated heterocycles. The minimum atomic E-state index is 0. The third-order valence-corrected chi connectivity index (χ3v) is 2.62. The molecule has 1 aromatic carbocycles. The van der Waals surface area contributed by atoms with Crippen molar-refractivity contribution in [1.29, 1.82) is 0 Å². The largest absolute Gasteiger partial charge is 0.382 e. The van der Waals surface area contributed by atoms with E-state index >= 15 is 0 Å². The van der Waals surface area contributed by atoms with Gasteiger partial charge in [-0.3, -0.25) is 5.10 Å². The summed E-state index contributed by atoms with van der Waals surface area (Å²) >= 11 is 9.39. The van der Waals surface area contributed by atoms with E-state index in [9.17, 15) is 0 Å². The molecule has 0 fully saturated rings. The van der Waals surface area contributed by atoms with Crippen LogP contribution in [0.1, 0.15) is 0 Å². The van der Waals surface area contributed by atoms with Crippen LogP contribution in [0.2, 0.25) is 5.02 Å². The SMILES string of the molecule is Cl.Nc1cc(-c2ccc(Br)cc2Cl)[nH]n1. The van der Waals surface area contributed by atoms with Gasteiger partial charge in [0, 0.05) is 16.1 Å². The van der Waals surface area contributed by atoms with Gasteiger partial charge in [0.05, 0.1) is 10.7 Å². The van der Waals surface area contributed by atoms with E-state index in [1.807, 2.05) is 18.2 Å². The summed E-state index contributed by atoms with van der Waals surface area (Å²) in [5.41, 5.74) is 7.21. The summed E-state index contributed by atoms with van der Waals surface area (Å²) in [4.78, 5) is 0. The van der Waals surface area contributed by atoms with Gasteiger partial charge in [-0.15, -0.1) is 12.4 Å². The van der Waals surface area contributed by atoms with E-state index in [4.69, 9.17) is 17.3 Å². The van der Waals surface area contributed by atoms with Gasteiger partial charge in [-0.2, -0.15) is 5.10 Å². The zero-order valence-electron chi connectivity index (χ0n) is 7.50. The molecule has 1 aromatic heterocycles. The van der Waals surface area contributed by atoms with Gasteiger partial charge in [-0.05, 0) is 12.1 Å². The van der Waals surface area contributed by atoms with Crippen LogP contribution in [0.15, 0.2) is 28.7 Å². The Kier molecular flexibility index (Phi) is 4.02. The third kappa shape index (κ3) is 2.65. The van der Waals surface area contributed by atoms with Gasteiger partial charge < -0.3 is 5.73 Å². The molecule has 0 saturated carbocycles. The molecule has 0 atom stereocenters. The maximum Gasteiger partial charge on any atom is 0.145 e. The van der Waals surface area contributed by atoms with Gasteiger partial charge in [0.15, 0.2) is 0 Å². The standard InChI is InChI=1S/C9H7BrClN3.ClH/c10-5-1-2-6(7(11)3-5)8-4-9(12)14-13-8;/h1-4H,(H3,12,13,14);1H. The van der Waals surface area contributed by atoms with Crippen LogP contribution in [-0.2, 0) is 0 Å². The van der Waals surface area contributed by atoms with Crippen molar-refractivity contribution in [3.63, 3.8) is 0 Å². The normalized spacial score (nSPS) is 9.73. The molecule has 0 radical (unpaired) electrons. The summed E-state index contributed by atoms with van der Waals surface area (Å²) < 4.78 is 0.943. The second kappa shape index (κ2) is 4.88. The number of nitrogens with zero attached hydrogens (tertiary/aromatic N) is 1. The number of halogens is 3. The number of hydrogen-bond acceptors (Lipinski definition) is 2. The second-order valence-electron chi connectivity index (χ2n) is 2.83. The van der Waals surface area contributed by atoms with E-state index in [-0.39, 0.29) is 12.4 Å². The number of nitrogens with two attached hydrogens (primary N) is 1. The quantitative estimate of drug-likeness (QED) is 0.847. The molecule has 0 bridgehead atoms. The number of nitrogen functional groups attached to an aromatic ring is 1. The fourth-order valence-electron chi connectivity index (χ4n) is 1.18. The van der Waals surface area contributed by atoms with Gasteiger partial charge in [0.1, 0.15) is 5.82 Å². The second-order valence-corrected chi connectivity index (χ2v) is 4.15. The van der Waals surface area contributed by atoms with Crippen LogP contribution in [0.4, 0.5) is 5.82 Å². The molecule has 80 valence electrons. The van der Waals surface area contributed by atoms with Gasteiger partial charge in [-0.25, -0.2) is 0 Å². The Hall–Kier alpha value is -0.710. The van der Waals surface area contributed by atoms with Crippen LogP contribution in [-0.4, -0.2) is 10.2 Å². The summed E-state index contributed by atoms with van der Waals surface area (Å²) in [5.74, 6) is 0.457. The van der Waals surface area contributed by atoms with E-state index in [1.165, 1.54) is 0 Å². The Morgan fingerprint density at radius 1 is 1.33 bits per heavy atom. The number of H-pyrrole nitrogens is 1. The number of nitrogens with one attached hydrogen (secondary N) is 1. The van der Waals surface area contributed by atoms with Crippen LogP contribution in [0, 0.1) is 0 Å². The first-order valence-corrected chi connectivity index (χ1v) is 5.10. The van der Waals surface area contributed by atoms with Gasteiger partial charge in [-0.1, -0.05) is 33.6 Å². The number of benzene rings is 1. The summed E-state index contributed by atoms with van der Waals surface area (Å²) in [5, 5.41) is 7.30. The van der Waals surface area contributed by atoms with Crippen LogP contribution >= 0.6 is 39.9 Å². The van der Waals surface area contributed by atoms with Crippen LogP contribution in [0.5, 0.6) is 0 Å². The van der Waals surface area contributed by atoms with E-state index in [0.717, 1.165) is 15.7 Å². The Balaban J connectivity index is 0.00000112. The first kappa shape index (κ1) is 12.4. The Morgan fingerprint density at radius 3 is 2.60 bits per heavy atom. The Bertz CT molecular complexity index is 470. The average molecular weight is 309 g/mol. The van der Waals surface area contributed by atoms with Gasteiger partial charge in [0.2, 0.25) is 0 Å². The van der Waals surface area contributed by atoms with Crippen molar-refractivity contribution in [3.05, 3.63) is 33.8 Å². The number of anilines is 1. The van der Waals surface area contributed by atoms with Gasteiger partial charge >= 0.3 is 0 Å². The predicted molar refractivity (Wildman–Crippen MR) is 68.4 cm³/mol. The highest BCUT2D eigenvalue weighted by atomic mass is 79.9. The molecule has 0 spiro atoms. The van der Waals surface area contributed by atoms with Crippen molar-refractivity contribution in [2.45, 2.75) is 0 Å². The van der Waals surface area contributed by atoms with Crippen molar-refractivity contribution in [2.75, 3.05) is 5.73 Å². The zero-order chi connectivity index (χ0) is 10.1. The summed E-state index contributed by atoms with van der Waals surface area (Å²) in [6, 6.07) is 7.39. The van der Waals surface area contributed by atoms with Crippen molar-refractivity contribution >= 4 is 45.8 Å². The van der Waals surface area contributed by atoms with Crippen molar-refractivity contribution in [2.24, 2.45) is 0 Å². The molecule has 3 N–H and O–H groups in total. The smallest absolute Gasteiger partial charge is 0.145 e. The minimum Gasteiger partial charge on any atom is -0.382 e. The first-order valence-electron chi connectivity index (χ1n) is 3.93. The maximum absolute atomic E-state index is 6.05. The molecule has 2 aromatic rings. The lowest BCUT2D eigenvalue weighted by Gasteiger charge is -2.00. The van der Waals surface area contributed by atoms with Crippen molar-refractivity contribution in [3.8, 4) is 11.3 Å². The minimum absolute atomic E-state index is 0. The highest BCUT2D eigenvalue weighted by molar-refractivity contribution is 9.10. The van der Waals surface area contributed by atoms with Gasteiger partial charge in [0.25, 0.3) is 0 Å². The summed E-state index contributed by atoms with van der Waals surface area (Å²) in [6.45, 7) is 0. The molecule has 1 heterocycles. The Labute approximate surface area is 107 Å². The predicted octanol–water partition coefficient (Wildman–Crippen LogP) is 3.50. The molecule has 3 nitrogen and oxygen atoms in total. The molecule has 0 aliphatic heterocycles. The molecule has 2 rings (SSSR count). The van der Waals surface area contributed by atoms with Crippen LogP contribution in [0.3, 0.4) is 0 Å². The molecule has 0 unspecified atom stereocenters. The molecular weight excluding hydrogens is 301 g/mol.